The Balaban J connectivity index is 1.73. The van der Waals surface area contributed by atoms with Gasteiger partial charge in [-0.2, -0.15) is 0 Å². The highest BCUT2D eigenvalue weighted by atomic mass is 19.1. The standard InChI is InChI=1S/C12H18FNO/c13-7-11-8-14(9-11)12(15)6-10-4-2-1-3-5-10/h2,4,10-11H,1,3,5-9H2/t10-/m1/s1. The summed E-state index contributed by atoms with van der Waals surface area (Å²) >= 11 is 0. The topological polar surface area (TPSA) is 20.3 Å². The normalized spacial score (nSPS) is 26.5. The molecule has 0 unspecified atom stereocenters. The summed E-state index contributed by atoms with van der Waals surface area (Å²) in [5.74, 6) is 0.739. The molecular weight excluding hydrogens is 193 g/mol. The molecule has 0 spiro atoms. The third-order valence-corrected chi connectivity index (χ3v) is 3.32. The quantitative estimate of drug-likeness (QED) is 0.655. The number of allylic oxidation sites excluding steroid dienone is 2. The van der Waals surface area contributed by atoms with Crippen LogP contribution in [0.25, 0.3) is 0 Å². The zero-order valence-electron chi connectivity index (χ0n) is 8.99. The summed E-state index contributed by atoms with van der Waals surface area (Å²) < 4.78 is 12.2. The molecule has 2 nitrogen and oxygen atoms in total. The Bertz CT molecular complexity index is 258. The van der Waals surface area contributed by atoms with Crippen molar-refractivity contribution in [3.8, 4) is 0 Å². The lowest BCUT2D eigenvalue weighted by molar-refractivity contribution is -0.138. The number of halogens is 1. The summed E-state index contributed by atoms with van der Waals surface area (Å²) in [7, 11) is 0. The lowest BCUT2D eigenvalue weighted by Gasteiger charge is -2.38. The van der Waals surface area contributed by atoms with E-state index in [1.54, 1.807) is 4.90 Å². The van der Waals surface area contributed by atoms with Gasteiger partial charge < -0.3 is 4.90 Å². The fourth-order valence-electron chi connectivity index (χ4n) is 2.28. The highest BCUT2D eigenvalue weighted by Crippen LogP contribution is 2.23. The SMILES string of the molecule is O=C(C[C@@H]1C=CCCC1)N1CC(CF)C1. The first-order chi connectivity index (χ1) is 7.29. The number of likely N-dealkylation sites (tertiary alicyclic amines) is 1. The fourth-order valence-corrected chi connectivity index (χ4v) is 2.28. The van der Waals surface area contributed by atoms with Gasteiger partial charge in [-0.05, 0) is 25.2 Å². The lowest BCUT2D eigenvalue weighted by atomic mass is 9.91. The van der Waals surface area contributed by atoms with Crippen LogP contribution in [0.3, 0.4) is 0 Å². The molecule has 3 heteroatoms. The van der Waals surface area contributed by atoms with Crippen molar-refractivity contribution >= 4 is 5.91 Å². The molecule has 0 bridgehead atoms. The number of hydrogen-bond donors (Lipinski definition) is 0. The molecule has 2 aliphatic rings. The van der Waals surface area contributed by atoms with Gasteiger partial charge in [0.05, 0.1) is 6.67 Å². The van der Waals surface area contributed by atoms with E-state index in [-0.39, 0.29) is 18.5 Å². The van der Waals surface area contributed by atoms with Crippen molar-refractivity contribution in [3.05, 3.63) is 12.2 Å². The Kier molecular flexibility index (Phi) is 3.39. The van der Waals surface area contributed by atoms with Crippen molar-refractivity contribution < 1.29 is 9.18 Å². The summed E-state index contributed by atoms with van der Waals surface area (Å²) in [6.45, 7) is 0.977. The lowest BCUT2D eigenvalue weighted by Crippen LogP contribution is -2.51. The molecule has 0 aromatic carbocycles. The summed E-state index contributed by atoms with van der Waals surface area (Å²) in [6, 6.07) is 0. The van der Waals surface area contributed by atoms with Crippen LogP contribution in [0.4, 0.5) is 4.39 Å². The summed E-state index contributed by atoms with van der Waals surface area (Å²) in [5.41, 5.74) is 0. The van der Waals surface area contributed by atoms with E-state index < -0.39 is 0 Å². The number of hydrogen-bond acceptors (Lipinski definition) is 1. The van der Waals surface area contributed by atoms with E-state index in [0.29, 0.717) is 25.4 Å². The van der Waals surface area contributed by atoms with Crippen LogP contribution in [-0.4, -0.2) is 30.6 Å². The Morgan fingerprint density at radius 1 is 1.47 bits per heavy atom. The van der Waals surface area contributed by atoms with Crippen LogP contribution in [0.1, 0.15) is 25.7 Å². The molecule has 1 amide bonds. The highest BCUT2D eigenvalue weighted by Gasteiger charge is 2.31. The van der Waals surface area contributed by atoms with Crippen molar-refractivity contribution in [2.45, 2.75) is 25.7 Å². The van der Waals surface area contributed by atoms with Crippen molar-refractivity contribution in [1.82, 2.24) is 4.90 Å². The summed E-state index contributed by atoms with van der Waals surface area (Å²) in [4.78, 5) is 13.5. The van der Waals surface area contributed by atoms with Gasteiger partial charge in [0.2, 0.25) is 5.91 Å². The molecule has 0 saturated carbocycles. The molecule has 0 radical (unpaired) electrons. The van der Waals surface area contributed by atoms with Gasteiger partial charge in [-0.25, -0.2) is 0 Å². The van der Waals surface area contributed by atoms with Crippen LogP contribution >= 0.6 is 0 Å². The highest BCUT2D eigenvalue weighted by molar-refractivity contribution is 5.77. The first kappa shape index (κ1) is 10.7. The fraction of sp³-hybridized carbons (Fsp3) is 0.750. The van der Waals surface area contributed by atoms with E-state index in [2.05, 4.69) is 12.2 Å². The van der Waals surface area contributed by atoms with Gasteiger partial charge in [-0.3, -0.25) is 9.18 Å². The van der Waals surface area contributed by atoms with Crippen LogP contribution in [0.15, 0.2) is 12.2 Å². The predicted octanol–water partition coefficient (Wildman–Crippen LogP) is 2.16. The molecule has 84 valence electrons. The van der Waals surface area contributed by atoms with Gasteiger partial charge in [0.1, 0.15) is 0 Å². The van der Waals surface area contributed by atoms with Gasteiger partial charge in [-0.15, -0.1) is 0 Å². The van der Waals surface area contributed by atoms with E-state index in [0.717, 1.165) is 12.8 Å². The third kappa shape index (κ3) is 2.58. The van der Waals surface area contributed by atoms with Crippen molar-refractivity contribution in [1.29, 1.82) is 0 Å². The molecule has 1 aliphatic heterocycles. The van der Waals surface area contributed by atoms with Gasteiger partial charge in [-0.1, -0.05) is 12.2 Å². The van der Waals surface area contributed by atoms with Gasteiger partial charge in [0, 0.05) is 25.4 Å². The maximum absolute atomic E-state index is 12.2. The first-order valence-corrected chi connectivity index (χ1v) is 5.80. The van der Waals surface area contributed by atoms with Crippen LogP contribution in [-0.2, 0) is 4.79 Å². The smallest absolute Gasteiger partial charge is 0.223 e. The number of carbonyl (C=O) groups is 1. The Morgan fingerprint density at radius 2 is 2.27 bits per heavy atom. The average molecular weight is 211 g/mol. The van der Waals surface area contributed by atoms with Crippen molar-refractivity contribution in [2.75, 3.05) is 19.8 Å². The number of alkyl halides is 1. The predicted molar refractivity (Wildman–Crippen MR) is 57.1 cm³/mol. The number of rotatable bonds is 3. The van der Waals surface area contributed by atoms with E-state index in [1.165, 1.54) is 6.42 Å². The minimum Gasteiger partial charge on any atom is -0.342 e. The van der Waals surface area contributed by atoms with E-state index in [4.69, 9.17) is 0 Å². The Morgan fingerprint density at radius 3 is 2.87 bits per heavy atom. The Labute approximate surface area is 90.1 Å². The molecule has 1 fully saturated rings. The number of nitrogens with zero attached hydrogens (tertiary/aromatic N) is 1. The largest absolute Gasteiger partial charge is 0.342 e. The molecule has 15 heavy (non-hydrogen) atoms. The minimum absolute atomic E-state index is 0.107. The van der Waals surface area contributed by atoms with Crippen molar-refractivity contribution in [2.24, 2.45) is 11.8 Å². The second-order valence-corrected chi connectivity index (χ2v) is 4.64. The van der Waals surface area contributed by atoms with Crippen LogP contribution < -0.4 is 0 Å². The maximum Gasteiger partial charge on any atom is 0.223 e. The van der Waals surface area contributed by atoms with Crippen molar-refractivity contribution in [3.63, 3.8) is 0 Å². The van der Waals surface area contributed by atoms with Crippen LogP contribution in [0.2, 0.25) is 0 Å². The second kappa shape index (κ2) is 4.77. The molecule has 0 N–H and O–H groups in total. The monoisotopic (exact) mass is 211 g/mol. The van der Waals surface area contributed by atoms with E-state index >= 15 is 0 Å². The van der Waals surface area contributed by atoms with Gasteiger partial charge in [0.25, 0.3) is 0 Å². The molecule has 1 aliphatic carbocycles. The molecule has 1 atom stereocenters. The van der Waals surface area contributed by atoms with Crippen LogP contribution in [0.5, 0.6) is 0 Å². The molecular formula is C12H18FNO. The molecule has 2 rings (SSSR count). The number of carbonyl (C=O) groups excluding carboxylic acids is 1. The zero-order valence-corrected chi connectivity index (χ0v) is 8.99. The van der Waals surface area contributed by atoms with Crippen LogP contribution in [0, 0.1) is 11.8 Å². The average Bonchev–Trinajstić information content (AvgIpc) is 2.17. The van der Waals surface area contributed by atoms with E-state index in [9.17, 15) is 9.18 Å². The molecule has 0 aromatic heterocycles. The first-order valence-electron chi connectivity index (χ1n) is 5.80. The van der Waals surface area contributed by atoms with Gasteiger partial charge >= 0.3 is 0 Å². The zero-order chi connectivity index (χ0) is 10.7. The molecule has 1 heterocycles. The van der Waals surface area contributed by atoms with E-state index in [1.807, 2.05) is 0 Å². The minimum atomic E-state index is -0.285. The third-order valence-electron chi connectivity index (χ3n) is 3.32. The molecule has 1 saturated heterocycles. The van der Waals surface area contributed by atoms with Gasteiger partial charge in [0.15, 0.2) is 0 Å². The number of amides is 1. The summed E-state index contributed by atoms with van der Waals surface area (Å²) in [5, 5.41) is 0. The molecule has 0 aromatic rings. The second-order valence-electron chi connectivity index (χ2n) is 4.64. The Hall–Kier alpha value is -0.860. The summed E-state index contributed by atoms with van der Waals surface area (Å²) in [6.07, 6.45) is 8.42. The maximum atomic E-state index is 12.2.